The fourth-order valence-electron chi connectivity index (χ4n) is 3.02. The minimum absolute atomic E-state index is 0.155. The smallest absolute Gasteiger partial charge is 0.269 e. The molecule has 0 aliphatic carbocycles. The van der Waals surface area contributed by atoms with Crippen LogP contribution >= 0.6 is 0 Å². The van der Waals surface area contributed by atoms with Gasteiger partial charge < -0.3 is 5.32 Å². The summed E-state index contributed by atoms with van der Waals surface area (Å²) in [6, 6.07) is 11.9. The van der Waals surface area contributed by atoms with Crippen LogP contribution in [-0.4, -0.2) is 46.4 Å². The largest absolute Gasteiger partial charge is 0.350 e. The molecule has 3 rings (SSSR count). The number of ketones is 1. The lowest BCUT2D eigenvalue weighted by Crippen LogP contribution is -2.31. The number of carbonyl (C=O) groups is 2. The zero-order valence-corrected chi connectivity index (χ0v) is 13.8. The summed E-state index contributed by atoms with van der Waals surface area (Å²) in [6.45, 7) is 5.05. The van der Waals surface area contributed by atoms with E-state index in [1.165, 1.54) is 18.6 Å². The first kappa shape index (κ1) is 16.4. The zero-order chi connectivity index (χ0) is 16.9. The maximum atomic E-state index is 12.1. The van der Waals surface area contributed by atoms with Crippen molar-refractivity contribution in [2.24, 2.45) is 5.92 Å². The number of amides is 1. The summed E-state index contributed by atoms with van der Waals surface area (Å²) in [5, 5.41) is 9.37. The van der Waals surface area contributed by atoms with Crippen molar-refractivity contribution in [1.82, 2.24) is 20.4 Å². The van der Waals surface area contributed by atoms with Crippen LogP contribution in [0.25, 0.3) is 0 Å². The van der Waals surface area contributed by atoms with Gasteiger partial charge in [-0.05, 0) is 30.5 Å². The Morgan fingerprint density at radius 2 is 2.12 bits per heavy atom. The monoisotopic (exact) mass is 326 g/mol. The molecular weight excluding hydrogens is 304 g/mol. The third-order valence-corrected chi connectivity index (χ3v) is 4.35. The number of aromatic nitrogens is 2. The number of hydrogen-bond donors (Lipinski definition) is 2. The van der Waals surface area contributed by atoms with Gasteiger partial charge in [-0.1, -0.05) is 30.3 Å². The normalized spacial score (nSPS) is 17.8. The summed E-state index contributed by atoms with van der Waals surface area (Å²) in [7, 11) is 0. The van der Waals surface area contributed by atoms with Gasteiger partial charge in [0.1, 0.15) is 11.4 Å². The molecule has 1 fully saturated rings. The van der Waals surface area contributed by atoms with E-state index in [-0.39, 0.29) is 17.4 Å². The summed E-state index contributed by atoms with van der Waals surface area (Å²) < 4.78 is 0. The van der Waals surface area contributed by atoms with E-state index < -0.39 is 0 Å². The number of hydrogen-bond acceptors (Lipinski definition) is 4. The van der Waals surface area contributed by atoms with E-state index >= 15 is 0 Å². The molecule has 2 aromatic rings. The molecule has 1 amide bonds. The van der Waals surface area contributed by atoms with Gasteiger partial charge in [0.05, 0.1) is 0 Å². The van der Waals surface area contributed by atoms with E-state index in [0.29, 0.717) is 18.2 Å². The molecular formula is C18H22N4O2. The summed E-state index contributed by atoms with van der Waals surface area (Å²) in [5.74, 6) is 0.0852. The van der Waals surface area contributed by atoms with Crippen LogP contribution in [0.15, 0.2) is 36.4 Å². The molecule has 6 nitrogen and oxygen atoms in total. The fourth-order valence-corrected chi connectivity index (χ4v) is 3.02. The van der Waals surface area contributed by atoms with E-state index in [0.717, 1.165) is 26.1 Å². The number of Topliss-reactive ketones (excluding diaryl/α,β-unsaturated/α-hetero) is 1. The van der Waals surface area contributed by atoms with Crippen molar-refractivity contribution in [2.45, 2.75) is 19.9 Å². The first-order chi connectivity index (χ1) is 11.6. The second kappa shape index (κ2) is 7.40. The van der Waals surface area contributed by atoms with Gasteiger partial charge >= 0.3 is 0 Å². The van der Waals surface area contributed by atoms with Crippen LogP contribution in [-0.2, 0) is 6.54 Å². The Balaban J connectivity index is 1.45. The highest BCUT2D eigenvalue weighted by Gasteiger charge is 2.23. The van der Waals surface area contributed by atoms with Crippen LogP contribution in [0.3, 0.4) is 0 Å². The van der Waals surface area contributed by atoms with Gasteiger partial charge in [-0.25, -0.2) is 0 Å². The number of likely N-dealkylation sites (tertiary alicyclic amines) is 1. The van der Waals surface area contributed by atoms with Crippen LogP contribution in [0.2, 0.25) is 0 Å². The number of carbonyl (C=O) groups excluding carboxylic acids is 2. The maximum Gasteiger partial charge on any atom is 0.269 e. The predicted octanol–water partition coefficient (Wildman–Crippen LogP) is 1.86. The Hall–Kier alpha value is -2.47. The summed E-state index contributed by atoms with van der Waals surface area (Å²) in [5.41, 5.74) is 1.94. The highest BCUT2D eigenvalue weighted by atomic mass is 16.2. The molecule has 6 heteroatoms. The maximum absolute atomic E-state index is 12.1. The number of nitrogens with zero attached hydrogens (tertiary/aromatic N) is 2. The van der Waals surface area contributed by atoms with Crippen molar-refractivity contribution in [3.8, 4) is 0 Å². The molecule has 1 aliphatic heterocycles. The summed E-state index contributed by atoms with van der Waals surface area (Å²) in [4.78, 5) is 25.7. The Morgan fingerprint density at radius 3 is 2.83 bits per heavy atom. The number of H-pyrrole nitrogens is 1. The highest BCUT2D eigenvalue weighted by Crippen LogP contribution is 2.18. The van der Waals surface area contributed by atoms with Crippen LogP contribution < -0.4 is 5.32 Å². The lowest BCUT2D eigenvalue weighted by atomic mass is 10.1. The van der Waals surface area contributed by atoms with E-state index in [4.69, 9.17) is 0 Å². The Kier molecular flexibility index (Phi) is 5.05. The summed E-state index contributed by atoms with van der Waals surface area (Å²) in [6.07, 6.45) is 1.08. The van der Waals surface area contributed by atoms with Crippen molar-refractivity contribution in [1.29, 1.82) is 0 Å². The molecule has 0 bridgehead atoms. The van der Waals surface area contributed by atoms with Gasteiger partial charge in [0.2, 0.25) is 0 Å². The molecule has 1 saturated heterocycles. The Labute approximate surface area is 141 Å². The third kappa shape index (κ3) is 4.08. The topological polar surface area (TPSA) is 78.1 Å². The van der Waals surface area contributed by atoms with Gasteiger partial charge in [-0.2, -0.15) is 5.10 Å². The van der Waals surface area contributed by atoms with Crippen molar-refractivity contribution in [3.63, 3.8) is 0 Å². The molecule has 126 valence electrons. The van der Waals surface area contributed by atoms with E-state index in [9.17, 15) is 9.59 Å². The van der Waals surface area contributed by atoms with Gasteiger partial charge in [-0.3, -0.25) is 19.6 Å². The van der Waals surface area contributed by atoms with Gasteiger partial charge in [0.25, 0.3) is 5.91 Å². The van der Waals surface area contributed by atoms with Crippen LogP contribution in [0.4, 0.5) is 0 Å². The molecule has 0 spiro atoms. The van der Waals surface area contributed by atoms with Crippen LogP contribution in [0.1, 0.15) is 39.9 Å². The van der Waals surface area contributed by atoms with Crippen molar-refractivity contribution >= 4 is 11.7 Å². The number of aromatic amines is 1. The first-order valence-corrected chi connectivity index (χ1v) is 8.22. The molecule has 24 heavy (non-hydrogen) atoms. The molecule has 2 heterocycles. The van der Waals surface area contributed by atoms with E-state index in [1.54, 1.807) is 0 Å². The van der Waals surface area contributed by atoms with E-state index in [1.807, 2.05) is 6.07 Å². The number of benzene rings is 1. The molecule has 1 unspecified atom stereocenters. The van der Waals surface area contributed by atoms with Crippen LogP contribution in [0.5, 0.6) is 0 Å². The van der Waals surface area contributed by atoms with Gasteiger partial charge in [0, 0.05) is 26.6 Å². The second-order valence-corrected chi connectivity index (χ2v) is 6.31. The van der Waals surface area contributed by atoms with Gasteiger partial charge in [-0.15, -0.1) is 0 Å². The van der Waals surface area contributed by atoms with Crippen molar-refractivity contribution < 1.29 is 9.59 Å². The van der Waals surface area contributed by atoms with E-state index in [2.05, 4.69) is 44.7 Å². The third-order valence-electron chi connectivity index (χ3n) is 4.35. The molecule has 1 aliphatic rings. The minimum atomic E-state index is -0.212. The van der Waals surface area contributed by atoms with Crippen molar-refractivity contribution in [2.75, 3.05) is 19.6 Å². The summed E-state index contributed by atoms with van der Waals surface area (Å²) >= 11 is 0. The second-order valence-electron chi connectivity index (χ2n) is 6.31. The average Bonchev–Trinajstić information content (AvgIpc) is 3.23. The predicted molar refractivity (Wildman–Crippen MR) is 90.8 cm³/mol. The van der Waals surface area contributed by atoms with Gasteiger partial charge in [0.15, 0.2) is 5.78 Å². The lowest BCUT2D eigenvalue weighted by Gasteiger charge is -2.16. The van der Waals surface area contributed by atoms with Crippen molar-refractivity contribution in [3.05, 3.63) is 53.3 Å². The number of rotatable bonds is 6. The minimum Gasteiger partial charge on any atom is -0.350 e. The molecule has 1 aromatic carbocycles. The Morgan fingerprint density at radius 1 is 1.33 bits per heavy atom. The number of nitrogens with one attached hydrogen (secondary N) is 2. The molecule has 1 atom stereocenters. The SMILES string of the molecule is CC(=O)c1cc(C(=O)NCC2CCN(Cc3ccccc3)C2)[nH]n1. The lowest BCUT2D eigenvalue weighted by molar-refractivity contribution is 0.0941. The molecule has 0 saturated carbocycles. The highest BCUT2D eigenvalue weighted by molar-refractivity contribution is 5.97. The Bertz CT molecular complexity index is 711. The molecule has 1 aromatic heterocycles. The fraction of sp³-hybridized carbons (Fsp3) is 0.389. The standard InChI is InChI=1S/C18H22N4O2/c1-13(23)16-9-17(21-20-16)18(24)19-10-15-7-8-22(12-15)11-14-5-3-2-4-6-14/h2-6,9,15H,7-8,10-12H2,1H3,(H,19,24)(H,20,21). The molecule has 2 N–H and O–H groups in total. The zero-order valence-electron chi connectivity index (χ0n) is 13.8. The molecule has 0 radical (unpaired) electrons. The quantitative estimate of drug-likeness (QED) is 0.794. The van der Waals surface area contributed by atoms with Crippen LogP contribution in [0, 0.1) is 5.92 Å². The first-order valence-electron chi connectivity index (χ1n) is 8.22. The average molecular weight is 326 g/mol.